The molecule has 98 valence electrons. The fourth-order valence-electron chi connectivity index (χ4n) is 3.61. The first-order valence-corrected chi connectivity index (χ1v) is 7.28. The van der Waals surface area contributed by atoms with Crippen molar-refractivity contribution >= 4 is 5.69 Å². The van der Waals surface area contributed by atoms with E-state index in [9.17, 15) is 0 Å². The lowest BCUT2D eigenvalue weighted by molar-refractivity contribution is 0.224. The van der Waals surface area contributed by atoms with Gasteiger partial charge in [0.1, 0.15) is 0 Å². The first-order valence-electron chi connectivity index (χ1n) is 7.28. The van der Waals surface area contributed by atoms with Crippen LogP contribution in [0.3, 0.4) is 0 Å². The number of benzene rings is 1. The molecule has 18 heavy (non-hydrogen) atoms. The van der Waals surface area contributed by atoms with Gasteiger partial charge >= 0.3 is 0 Å². The van der Waals surface area contributed by atoms with Gasteiger partial charge in [0.15, 0.2) is 0 Å². The quantitative estimate of drug-likeness (QED) is 0.860. The van der Waals surface area contributed by atoms with Crippen molar-refractivity contribution in [2.45, 2.75) is 32.7 Å². The van der Waals surface area contributed by atoms with Crippen molar-refractivity contribution in [3.63, 3.8) is 0 Å². The number of hydrogen-bond donors (Lipinski definition) is 1. The van der Waals surface area contributed by atoms with Gasteiger partial charge in [0.05, 0.1) is 0 Å². The fourth-order valence-corrected chi connectivity index (χ4v) is 3.61. The Morgan fingerprint density at radius 2 is 2.11 bits per heavy atom. The van der Waals surface area contributed by atoms with E-state index in [1.807, 2.05) is 0 Å². The predicted octanol–water partition coefficient (Wildman–Crippen LogP) is 3.00. The van der Waals surface area contributed by atoms with Gasteiger partial charge in [-0.25, -0.2) is 0 Å². The molecule has 0 radical (unpaired) electrons. The number of nitrogens with one attached hydrogen (secondary N) is 1. The maximum Gasteiger partial charge on any atom is 0.0372 e. The molecule has 1 aromatic rings. The number of para-hydroxylation sites is 1. The zero-order valence-corrected chi connectivity index (χ0v) is 11.5. The molecule has 0 bridgehead atoms. The molecule has 3 unspecified atom stereocenters. The molecule has 1 aromatic carbocycles. The van der Waals surface area contributed by atoms with Crippen LogP contribution in [0.25, 0.3) is 0 Å². The van der Waals surface area contributed by atoms with Crippen LogP contribution in [-0.2, 0) is 6.42 Å². The van der Waals surface area contributed by atoms with Gasteiger partial charge < -0.3 is 10.2 Å². The van der Waals surface area contributed by atoms with E-state index in [4.69, 9.17) is 0 Å². The Morgan fingerprint density at radius 1 is 1.28 bits per heavy atom. The van der Waals surface area contributed by atoms with Crippen LogP contribution in [0, 0.1) is 11.8 Å². The van der Waals surface area contributed by atoms with Gasteiger partial charge in [-0.3, -0.25) is 0 Å². The lowest BCUT2D eigenvalue weighted by Gasteiger charge is -2.31. The molecule has 0 saturated carbocycles. The number of fused-ring (bicyclic) bond motifs is 1. The summed E-state index contributed by atoms with van der Waals surface area (Å²) in [6.07, 6.45) is 2.61. The third-order valence-electron chi connectivity index (χ3n) is 4.51. The molecule has 2 nitrogen and oxygen atoms in total. The normalized spacial score (nSPS) is 32.0. The molecule has 1 N–H and O–H groups in total. The van der Waals surface area contributed by atoms with Crippen molar-refractivity contribution in [1.29, 1.82) is 0 Å². The van der Waals surface area contributed by atoms with Gasteiger partial charge in [-0.05, 0) is 43.2 Å². The standard InChI is InChI=1S/C16H24N2/c1-12-7-13(2)18(10-12)11-14-8-15-5-3-4-6-16(15)17-9-14/h3-6,12-14,17H,7-11H2,1-2H3. The average molecular weight is 244 g/mol. The molecule has 0 amide bonds. The Kier molecular flexibility index (Phi) is 3.29. The molecule has 0 aromatic heterocycles. The summed E-state index contributed by atoms with van der Waals surface area (Å²) in [6.45, 7) is 8.44. The topological polar surface area (TPSA) is 15.3 Å². The van der Waals surface area contributed by atoms with Gasteiger partial charge in [0.2, 0.25) is 0 Å². The molecule has 2 heterocycles. The molecule has 2 aliphatic heterocycles. The van der Waals surface area contributed by atoms with Gasteiger partial charge in [-0.1, -0.05) is 25.1 Å². The van der Waals surface area contributed by atoms with E-state index >= 15 is 0 Å². The monoisotopic (exact) mass is 244 g/mol. The minimum atomic E-state index is 0.771. The Labute approximate surface area is 110 Å². The minimum absolute atomic E-state index is 0.771. The van der Waals surface area contributed by atoms with Crippen LogP contribution in [0.15, 0.2) is 24.3 Å². The number of rotatable bonds is 2. The number of nitrogens with zero attached hydrogens (tertiary/aromatic N) is 1. The second-order valence-electron chi connectivity index (χ2n) is 6.25. The Balaban J connectivity index is 1.63. The highest BCUT2D eigenvalue weighted by molar-refractivity contribution is 5.53. The first kappa shape index (κ1) is 12.0. The summed E-state index contributed by atoms with van der Waals surface area (Å²) in [5.74, 6) is 1.65. The van der Waals surface area contributed by atoms with Crippen molar-refractivity contribution in [3.05, 3.63) is 29.8 Å². The third kappa shape index (κ3) is 2.39. The summed E-state index contributed by atoms with van der Waals surface area (Å²) < 4.78 is 0. The van der Waals surface area contributed by atoms with Crippen LogP contribution in [0.5, 0.6) is 0 Å². The summed E-state index contributed by atoms with van der Waals surface area (Å²) in [7, 11) is 0. The van der Waals surface area contributed by atoms with Crippen LogP contribution >= 0.6 is 0 Å². The van der Waals surface area contributed by atoms with E-state index in [2.05, 4.69) is 48.3 Å². The van der Waals surface area contributed by atoms with Crippen molar-refractivity contribution in [3.8, 4) is 0 Å². The molecular weight excluding hydrogens is 220 g/mol. The number of anilines is 1. The van der Waals surface area contributed by atoms with Gasteiger partial charge in [0.25, 0.3) is 0 Å². The highest BCUT2D eigenvalue weighted by Gasteiger charge is 2.29. The Bertz CT molecular complexity index is 415. The summed E-state index contributed by atoms with van der Waals surface area (Å²) in [5.41, 5.74) is 2.84. The number of likely N-dealkylation sites (tertiary alicyclic amines) is 1. The lowest BCUT2D eigenvalue weighted by Crippen LogP contribution is -2.37. The molecule has 3 atom stereocenters. The van der Waals surface area contributed by atoms with Crippen molar-refractivity contribution in [1.82, 2.24) is 4.90 Å². The van der Waals surface area contributed by atoms with E-state index in [0.29, 0.717) is 0 Å². The number of hydrogen-bond acceptors (Lipinski definition) is 2. The SMILES string of the molecule is CC1CC(C)N(CC2CNc3ccccc3C2)C1. The van der Waals surface area contributed by atoms with E-state index in [1.54, 1.807) is 0 Å². The van der Waals surface area contributed by atoms with E-state index in [0.717, 1.165) is 24.4 Å². The smallest absolute Gasteiger partial charge is 0.0372 e. The van der Waals surface area contributed by atoms with Gasteiger partial charge in [-0.2, -0.15) is 0 Å². The van der Waals surface area contributed by atoms with Crippen LogP contribution in [-0.4, -0.2) is 30.6 Å². The Morgan fingerprint density at radius 3 is 2.89 bits per heavy atom. The minimum Gasteiger partial charge on any atom is -0.384 e. The fraction of sp³-hybridized carbons (Fsp3) is 0.625. The van der Waals surface area contributed by atoms with Gasteiger partial charge in [-0.15, -0.1) is 0 Å². The van der Waals surface area contributed by atoms with Crippen molar-refractivity contribution < 1.29 is 0 Å². The van der Waals surface area contributed by atoms with Crippen LogP contribution in [0.1, 0.15) is 25.8 Å². The third-order valence-corrected chi connectivity index (χ3v) is 4.51. The van der Waals surface area contributed by atoms with Crippen LogP contribution in [0.2, 0.25) is 0 Å². The van der Waals surface area contributed by atoms with E-state index < -0.39 is 0 Å². The predicted molar refractivity (Wildman–Crippen MR) is 76.9 cm³/mol. The van der Waals surface area contributed by atoms with E-state index in [1.165, 1.54) is 37.2 Å². The van der Waals surface area contributed by atoms with Crippen LogP contribution in [0.4, 0.5) is 5.69 Å². The second kappa shape index (κ2) is 4.93. The summed E-state index contributed by atoms with van der Waals surface area (Å²) in [5, 5.41) is 3.59. The highest BCUT2D eigenvalue weighted by Crippen LogP contribution is 2.28. The summed E-state index contributed by atoms with van der Waals surface area (Å²) >= 11 is 0. The zero-order chi connectivity index (χ0) is 12.5. The van der Waals surface area contributed by atoms with Crippen molar-refractivity contribution in [2.75, 3.05) is 25.0 Å². The zero-order valence-electron chi connectivity index (χ0n) is 11.5. The molecule has 1 fully saturated rings. The van der Waals surface area contributed by atoms with E-state index in [-0.39, 0.29) is 0 Å². The van der Waals surface area contributed by atoms with Crippen LogP contribution < -0.4 is 5.32 Å². The first-order chi connectivity index (χ1) is 8.72. The molecule has 0 spiro atoms. The Hall–Kier alpha value is -1.02. The molecule has 1 saturated heterocycles. The van der Waals surface area contributed by atoms with Crippen molar-refractivity contribution in [2.24, 2.45) is 11.8 Å². The average Bonchev–Trinajstić information content (AvgIpc) is 2.68. The molecule has 3 rings (SSSR count). The largest absolute Gasteiger partial charge is 0.384 e. The molecule has 2 aliphatic rings. The molecule has 0 aliphatic carbocycles. The summed E-state index contributed by atoms with van der Waals surface area (Å²) in [4.78, 5) is 2.69. The lowest BCUT2D eigenvalue weighted by atomic mass is 9.93. The maximum atomic E-state index is 3.59. The summed E-state index contributed by atoms with van der Waals surface area (Å²) in [6, 6.07) is 9.52. The second-order valence-corrected chi connectivity index (χ2v) is 6.25. The van der Waals surface area contributed by atoms with Gasteiger partial charge in [0, 0.05) is 31.4 Å². The molecular formula is C16H24N2. The maximum absolute atomic E-state index is 3.59. The highest BCUT2D eigenvalue weighted by atomic mass is 15.2. The molecule has 2 heteroatoms.